The first-order valence-corrected chi connectivity index (χ1v) is 10.2. The summed E-state index contributed by atoms with van der Waals surface area (Å²) in [5.41, 5.74) is 5.73. The number of nitrogens with one attached hydrogen (secondary N) is 1. The number of aromatic nitrogens is 1. The van der Waals surface area contributed by atoms with E-state index in [1.54, 1.807) is 6.07 Å². The molecule has 1 aliphatic carbocycles. The molecule has 0 spiro atoms. The highest BCUT2D eigenvalue weighted by Gasteiger charge is 2.47. The Balaban J connectivity index is 0.000000189. The van der Waals surface area contributed by atoms with Crippen LogP contribution in [0.5, 0.6) is 5.75 Å². The number of halogens is 4. The number of ether oxygens (including phenoxy) is 2. The molecule has 33 heavy (non-hydrogen) atoms. The second-order valence-electron chi connectivity index (χ2n) is 7.85. The maximum Gasteiger partial charge on any atom is 0.267 e. The molecule has 0 bridgehead atoms. The second-order valence-corrected chi connectivity index (χ2v) is 7.85. The lowest BCUT2D eigenvalue weighted by molar-refractivity contribution is -0.135. The summed E-state index contributed by atoms with van der Waals surface area (Å²) >= 11 is 0. The Morgan fingerprint density at radius 3 is 2.55 bits per heavy atom. The SMILES string of the molecule is CC1CCC(C(=O)Nc2ccnc(C(N)=O)c2)O1.Fc1cccc(OC2CC(F)(F)C2)c1F. The normalized spacial score (nSPS) is 21.4. The molecule has 1 saturated carbocycles. The molecule has 1 saturated heterocycles. The van der Waals surface area contributed by atoms with Crippen LogP contribution >= 0.6 is 0 Å². The van der Waals surface area contributed by atoms with E-state index in [1.165, 1.54) is 24.4 Å². The number of carbonyl (C=O) groups is 2. The summed E-state index contributed by atoms with van der Waals surface area (Å²) in [6.45, 7) is 1.94. The zero-order valence-corrected chi connectivity index (χ0v) is 17.7. The fourth-order valence-corrected chi connectivity index (χ4v) is 3.31. The van der Waals surface area contributed by atoms with E-state index in [1.807, 2.05) is 6.92 Å². The van der Waals surface area contributed by atoms with Crippen LogP contribution in [0.2, 0.25) is 0 Å². The summed E-state index contributed by atoms with van der Waals surface area (Å²) in [4.78, 5) is 26.6. The minimum atomic E-state index is -2.73. The van der Waals surface area contributed by atoms with Crippen LogP contribution in [0.15, 0.2) is 36.5 Å². The van der Waals surface area contributed by atoms with Crippen LogP contribution in [0.25, 0.3) is 0 Å². The van der Waals surface area contributed by atoms with E-state index in [9.17, 15) is 27.2 Å². The first-order valence-electron chi connectivity index (χ1n) is 10.2. The van der Waals surface area contributed by atoms with Crippen LogP contribution in [0.4, 0.5) is 23.2 Å². The van der Waals surface area contributed by atoms with Crippen molar-refractivity contribution in [2.75, 3.05) is 5.32 Å². The van der Waals surface area contributed by atoms with Gasteiger partial charge in [0.05, 0.1) is 6.10 Å². The fourth-order valence-electron chi connectivity index (χ4n) is 3.31. The van der Waals surface area contributed by atoms with Gasteiger partial charge in [0.15, 0.2) is 11.6 Å². The minimum Gasteiger partial charge on any atom is -0.487 e. The number of anilines is 1. The maximum absolute atomic E-state index is 13.0. The fraction of sp³-hybridized carbons (Fsp3) is 0.409. The number of hydrogen-bond acceptors (Lipinski definition) is 5. The van der Waals surface area contributed by atoms with Gasteiger partial charge in [0.1, 0.15) is 17.9 Å². The maximum atomic E-state index is 13.0. The number of amides is 2. The number of benzene rings is 1. The Bertz CT molecular complexity index is 1010. The number of pyridine rings is 1. The Hall–Kier alpha value is -3.21. The predicted octanol–water partition coefficient (Wildman–Crippen LogP) is 3.83. The Morgan fingerprint density at radius 2 is 1.94 bits per heavy atom. The largest absolute Gasteiger partial charge is 0.487 e. The second kappa shape index (κ2) is 10.2. The molecule has 7 nitrogen and oxygen atoms in total. The monoisotopic (exact) mass is 469 g/mol. The molecule has 3 N–H and O–H groups in total. The first-order chi connectivity index (χ1) is 15.5. The van der Waals surface area contributed by atoms with Gasteiger partial charge < -0.3 is 20.5 Å². The van der Waals surface area contributed by atoms with E-state index in [2.05, 4.69) is 10.3 Å². The molecular weight excluding hydrogens is 446 g/mol. The molecule has 2 aromatic rings. The van der Waals surface area contributed by atoms with Crippen molar-refractivity contribution in [3.05, 3.63) is 53.9 Å². The summed E-state index contributed by atoms with van der Waals surface area (Å²) in [5.74, 6) is -6.05. The summed E-state index contributed by atoms with van der Waals surface area (Å²) in [5, 5.41) is 2.69. The minimum absolute atomic E-state index is 0.111. The number of hydrogen-bond donors (Lipinski definition) is 2. The molecule has 2 amide bonds. The molecule has 11 heteroatoms. The number of alkyl halides is 2. The van der Waals surface area contributed by atoms with Crippen molar-refractivity contribution in [3.63, 3.8) is 0 Å². The standard InChI is InChI=1S/C12H15N3O3.C10H8F4O/c1-7-2-3-10(18-7)12(17)15-8-4-5-14-9(6-8)11(13)16;11-7-2-1-3-8(9(7)12)15-6-4-10(13,14)5-6/h4-7,10H,2-3H2,1H3,(H2,13,16)(H,14,15,17);1-3,6H,4-5H2. The van der Waals surface area contributed by atoms with Crippen molar-refractivity contribution < 1.29 is 36.6 Å². The van der Waals surface area contributed by atoms with Crippen molar-refractivity contribution in [2.45, 2.75) is 56.8 Å². The van der Waals surface area contributed by atoms with Crippen LogP contribution in [0.1, 0.15) is 43.1 Å². The molecule has 2 heterocycles. The lowest BCUT2D eigenvalue weighted by Crippen LogP contribution is -2.43. The summed E-state index contributed by atoms with van der Waals surface area (Å²) in [6, 6.07) is 6.47. The topological polar surface area (TPSA) is 104 Å². The number of primary amides is 1. The molecule has 2 fully saturated rings. The predicted molar refractivity (Wildman–Crippen MR) is 110 cm³/mol. The van der Waals surface area contributed by atoms with E-state index in [0.717, 1.165) is 12.5 Å². The van der Waals surface area contributed by atoms with E-state index in [0.29, 0.717) is 12.1 Å². The van der Waals surface area contributed by atoms with Gasteiger partial charge in [-0.2, -0.15) is 4.39 Å². The van der Waals surface area contributed by atoms with Crippen LogP contribution in [-0.4, -0.2) is 41.0 Å². The Morgan fingerprint density at radius 1 is 1.21 bits per heavy atom. The van der Waals surface area contributed by atoms with Gasteiger partial charge in [-0.15, -0.1) is 0 Å². The molecule has 4 rings (SSSR count). The van der Waals surface area contributed by atoms with Crippen molar-refractivity contribution in [1.82, 2.24) is 4.98 Å². The third-order valence-electron chi connectivity index (χ3n) is 5.07. The lowest BCUT2D eigenvalue weighted by Gasteiger charge is -2.34. The van der Waals surface area contributed by atoms with Gasteiger partial charge in [-0.25, -0.2) is 13.2 Å². The van der Waals surface area contributed by atoms with E-state index < -0.39 is 48.5 Å². The summed E-state index contributed by atoms with van der Waals surface area (Å²) < 4.78 is 60.9. The quantitative estimate of drug-likeness (QED) is 0.648. The molecular formula is C22H23F4N3O4. The smallest absolute Gasteiger partial charge is 0.267 e. The zero-order valence-electron chi connectivity index (χ0n) is 17.7. The van der Waals surface area contributed by atoms with Crippen molar-refractivity contribution in [2.24, 2.45) is 5.73 Å². The van der Waals surface area contributed by atoms with E-state index >= 15 is 0 Å². The lowest BCUT2D eigenvalue weighted by atomic mass is 9.91. The van der Waals surface area contributed by atoms with Gasteiger partial charge in [-0.1, -0.05) is 6.07 Å². The number of rotatable bonds is 5. The highest BCUT2D eigenvalue weighted by atomic mass is 19.3. The third-order valence-corrected chi connectivity index (χ3v) is 5.07. The molecule has 0 radical (unpaired) electrons. The number of nitrogens with two attached hydrogens (primary N) is 1. The first kappa shape index (κ1) is 24.4. The van der Waals surface area contributed by atoms with E-state index in [4.69, 9.17) is 15.2 Å². The highest BCUT2D eigenvalue weighted by Crippen LogP contribution is 2.40. The van der Waals surface area contributed by atoms with Crippen LogP contribution in [0, 0.1) is 11.6 Å². The van der Waals surface area contributed by atoms with Gasteiger partial charge in [0.25, 0.3) is 17.7 Å². The molecule has 1 aromatic heterocycles. The summed E-state index contributed by atoms with van der Waals surface area (Å²) in [6.07, 6.45) is 1.09. The highest BCUT2D eigenvalue weighted by molar-refractivity contribution is 5.96. The summed E-state index contributed by atoms with van der Waals surface area (Å²) in [7, 11) is 0. The van der Waals surface area contributed by atoms with Gasteiger partial charge in [0, 0.05) is 24.7 Å². The number of carbonyl (C=O) groups excluding carboxylic acids is 2. The molecule has 2 atom stereocenters. The van der Waals surface area contributed by atoms with E-state index in [-0.39, 0.29) is 23.5 Å². The molecule has 1 aromatic carbocycles. The van der Waals surface area contributed by atoms with Crippen molar-refractivity contribution in [1.29, 1.82) is 0 Å². The van der Waals surface area contributed by atoms with Crippen molar-refractivity contribution >= 4 is 17.5 Å². The van der Waals surface area contributed by atoms with Gasteiger partial charge in [-0.3, -0.25) is 14.6 Å². The van der Waals surface area contributed by atoms with Crippen molar-refractivity contribution in [3.8, 4) is 5.75 Å². The Labute approximate surface area is 187 Å². The molecule has 178 valence electrons. The van der Waals surface area contributed by atoms with Gasteiger partial charge in [-0.05, 0) is 44.0 Å². The number of nitrogens with zero attached hydrogens (tertiary/aromatic N) is 1. The Kier molecular flexibility index (Phi) is 7.52. The van der Waals surface area contributed by atoms with Crippen LogP contribution < -0.4 is 15.8 Å². The molecule has 2 aliphatic rings. The van der Waals surface area contributed by atoms with Crippen LogP contribution in [-0.2, 0) is 9.53 Å². The average molecular weight is 469 g/mol. The molecule has 1 aliphatic heterocycles. The third kappa shape index (κ3) is 6.64. The van der Waals surface area contributed by atoms with Gasteiger partial charge >= 0.3 is 0 Å². The van der Waals surface area contributed by atoms with Crippen LogP contribution in [0.3, 0.4) is 0 Å². The molecule has 2 unspecified atom stereocenters. The van der Waals surface area contributed by atoms with Gasteiger partial charge in [0.2, 0.25) is 5.82 Å². The average Bonchev–Trinajstić information content (AvgIpc) is 3.17. The zero-order chi connectivity index (χ0) is 24.2.